The smallest absolute Gasteiger partial charge is 0.243 e. The van der Waals surface area contributed by atoms with Gasteiger partial charge in [0.25, 0.3) is 0 Å². The Morgan fingerprint density at radius 2 is 2.16 bits per heavy atom. The lowest BCUT2D eigenvalue weighted by Gasteiger charge is -2.10. The van der Waals surface area contributed by atoms with Crippen molar-refractivity contribution in [3.8, 4) is 5.75 Å². The third-order valence-electron chi connectivity index (χ3n) is 2.44. The quantitative estimate of drug-likeness (QED) is 0.794. The summed E-state index contributed by atoms with van der Waals surface area (Å²) in [6, 6.07) is 5.95. The number of phenols is 1. The molecule has 0 bridgehead atoms. The van der Waals surface area contributed by atoms with Crippen LogP contribution in [0.4, 0.5) is 5.13 Å². The van der Waals surface area contributed by atoms with Crippen molar-refractivity contribution in [2.75, 3.05) is 5.32 Å². The van der Waals surface area contributed by atoms with Crippen LogP contribution in [0.1, 0.15) is 5.56 Å². The summed E-state index contributed by atoms with van der Waals surface area (Å²) in [6.07, 6.45) is 2.02. The first-order valence-electron chi connectivity index (χ1n) is 5.50. The van der Waals surface area contributed by atoms with Crippen molar-refractivity contribution in [2.24, 2.45) is 5.73 Å². The highest BCUT2D eigenvalue weighted by atomic mass is 79.9. The molecule has 7 heteroatoms. The van der Waals surface area contributed by atoms with Gasteiger partial charge in [-0.15, -0.1) is 0 Å². The molecule has 1 heterocycles. The Hall–Kier alpha value is -1.44. The van der Waals surface area contributed by atoms with E-state index in [1.807, 2.05) is 0 Å². The summed E-state index contributed by atoms with van der Waals surface area (Å²) < 4.78 is 0.843. The average molecular weight is 342 g/mol. The Labute approximate surface area is 122 Å². The highest BCUT2D eigenvalue weighted by Gasteiger charge is 2.15. The minimum atomic E-state index is -0.660. The van der Waals surface area contributed by atoms with Crippen molar-refractivity contribution in [2.45, 2.75) is 12.5 Å². The molecule has 0 saturated carbocycles. The van der Waals surface area contributed by atoms with Gasteiger partial charge in [0.1, 0.15) is 5.75 Å². The van der Waals surface area contributed by atoms with E-state index >= 15 is 0 Å². The van der Waals surface area contributed by atoms with Crippen LogP contribution in [-0.2, 0) is 11.2 Å². The first-order chi connectivity index (χ1) is 9.04. The molecule has 1 aromatic carbocycles. The number of nitrogens with two attached hydrogens (primary N) is 1. The third kappa shape index (κ3) is 4.02. The summed E-state index contributed by atoms with van der Waals surface area (Å²) in [5.41, 5.74) is 6.72. The van der Waals surface area contributed by atoms with Gasteiger partial charge in [0.15, 0.2) is 5.13 Å². The second-order valence-corrected chi connectivity index (χ2v) is 6.35. The summed E-state index contributed by atoms with van der Waals surface area (Å²) in [5.74, 6) is -0.0932. The van der Waals surface area contributed by atoms with Crippen LogP contribution in [0, 0.1) is 0 Å². The monoisotopic (exact) mass is 341 g/mol. The highest BCUT2D eigenvalue weighted by molar-refractivity contribution is 9.11. The van der Waals surface area contributed by atoms with Crippen molar-refractivity contribution in [1.82, 2.24) is 4.98 Å². The van der Waals surface area contributed by atoms with Gasteiger partial charge < -0.3 is 16.2 Å². The van der Waals surface area contributed by atoms with Gasteiger partial charge >= 0.3 is 0 Å². The Morgan fingerprint density at radius 1 is 1.47 bits per heavy atom. The predicted octanol–water partition coefficient (Wildman–Crippen LogP) is 2.12. The summed E-state index contributed by atoms with van der Waals surface area (Å²) >= 11 is 4.60. The molecule has 1 amide bonds. The number of benzene rings is 1. The number of carbonyl (C=O) groups excluding carboxylic acids is 1. The zero-order valence-corrected chi connectivity index (χ0v) is 12.2. The van der Waals surface area contributed by atoms with Crippen molar-refractivity contribution < 1.29 is 9.90 Å². The number of nitrogens with one attached hydrogen (secondary N) is 1. The highest BCUT2D eigenvalue weighted by Crippen LogP contribution is 2.23. The van der Waals surface area contributed by atoms with Crippen LogP contribution < -0.4 is 11.1 Å². The maximum absolute atomic E-state index is 11.9. The first-order valence-corrected chi connectivity index (χ1v) is 7.11. The molecule has 0 spiro atoms. The molecule has 1 atom stereocenters. The number of hydrogen-bond acceptors (Lipinski definition) is 5. The van der Waals surface area contributed by atoms with Gasteiger partial charge in [-0.3, -0.25) is 4.79 Å². The van der Waals surface area contributed by atoms with Crippen LogP contribution in [0.2, 0.25) is 0 Å². The number of halogens is 1. The molecular weight excluding hydrogens is 330 g/mol. The largest absolute Gasteiger partial charge is 0.508 e. The zero-order valence-electron chi connectivity index (χ0n) is 9.84. The fourth-order valence-corrected chi connectivity index (χ4v) is 2.60. The Kier molecular flexibility index (Phi) is 4.52. The molecule has 0 radical (unpaired) electrons. The number of anilines is 1. The van der Waals surface area contributed by atoms with Crippen molar-refractivity contribution >= 4 is 38.3 Å². The number of hydrogen-bond donors (Lipinski definition) is 3. The van der Waals surface area contributed by atoms with Gasteiger partial charge in [0.05, 0.1) is 16.0 Å². The molecule has 0 unspecified atom stereocenters. The van der Waals surface area contributed by atoms with Crippen LogP contribution in [0.15, 0.2) is 34.2 Å². The number of amides is 1. The second kappa shape index (κ2) is 6.14. The van der Waals surface area contributed by atoms with E-state index in [9.17, 15) is 9.90 Å². The maximum Gasteiger partial charge on any atom is 0.243 e. The summed E-state index contributed by atoms with van der Waals surface area (Å²) in [5, 5.41) is 12.3. The van der Waals surface area contributed by atoms with Gasteiger partial charge in [0, 0.05) is 0 Å². The molecule has 1 aromatic heterocycles. The molecule has 2 rings (SSSR count). The SMILES string of the molecule is N[C@H](Cc1ccc(O)cc1)C(=O)Nc1ncc(Br)s1. The van der Waals surface area contributed by atoms with E-state index in [4.69, 9.17) is 5.73 Å². The van der Waals surface area contributed by atoms with Gasteiger partial charge in [-0.25, -0.2) is 4.98 Å². The normalized spacial score (nSPS) is 12.1. The lowest BCUT2D eigenvalue weighted by molar-refractivity contribution is -0.117. The van der Waals surface area contributed by atoms with Gasteiger partial charge in [-0.2, -0.15) is 0 Å². The standard InChI is InChI=1S/C12H12BrN3O2S/c13-10-6-15-12(19-10)16-11(18)9(14)5-7-1-3-8(17)4-2-7/h1-4,6,9,17H,5,14H2,(H,15,16,18)/t9-/m1/s1. The van der Waals surface area contributed by atoms with Crippen LogP contribution >= 0.6 is 27.3 Å². The van der Waals surface area contributed by atoms with Crippen molar-refractivity contribution in [3.05, 3.63) is 39.8 Å². The number of phenolic OH excluding ortho intramolecular Hbond substituents is 1. The van der Waals surface area contributed by atoms with Crippen molar-refractivity contribution in [3.63, 3.8) is 0 Å². The minimum absolute atomic E-state index is 0.189. The van der Waals surface area contributed by atoms with Gasteiger partial charge in [0.2, 0.25) is 5.91 Å². The summed E-state index contributed by atoms with van der Waals surface area (Å²) in [7, 11) is 0. The van der Waals surface area contributed by atoms with Crippen LogP contribution in [0.5, 0.6) is 5.75 Å². The molecule has 2 aromatic rings. The molecule has 0 aliphatic carbocycles. The lowest BCUT2D eigenvalue weighted by atomic mass is 10.1. The molecule has 100 valence electrons. The Bertz CT molecular complexity index is 571. The van der Waals surface area contributed by atoms with E-state index in [0.29, 0.717) is 11.6 Å². The lowest BCUT2D eigenvalue weighted by Crippen LogP contribution is -2.37. The summed E-state index contributed by atoms with van der Waals surface area (Å²) in [6.45, 7) is 0. The maximum atomic E-state index is 11.9. The van der Waals surface area contributed by atoms with Crippen molar-refractivity contribution in [1.29, 1.82) is 0 Å². The Morgan fingerprint density at radius 3 is 2.74 bits per heavy atom. The zero-order chi connectivity index (χ0) is 13.8. The van der Waals surface area contributed by atoms with E-state index in [2.05, 4.69) is 26.2 Å². The van der Waals surface area contributed by atoms with E-state index in [0.717, 1.165) is 9.35 Å². The first kappa shape index (κ1) is 14.0. The fraction of sp³-hybridized carbons (Fsp3) is 0.167. The predicted molar refractivity (Wildman–Crippen MR) is 78.2 cm³/mol. The molecule has 19 heavy (non-hydrogen) atoms. The number of aromatic hydroxyl groups is 1. The molecule has 5 nitrogen and oxygen atoms in total. The summed E-state index contributed by atoms with van der Waals surface area (Å²) in [4.78, 5) is 15.9. The van der Waals surface area contributed by atoms with E-state index < -0.39 is 6.04 Å². The molecule has 0 saturated heterocycles. The molecule has 0 aliphatic heterocycles. The third-order valence-corrected chi connectivity index (χ3v) is 3.83. The minimum Gasteiger partial charge on any atom is -0.508 e. The second-order valence-electron chi connectivity index (χ2n) is 3.94. The van der Waals surface area contributed by atoms with Crippen LogP contribution in [0.25, 0.3) is 0 Å². The Balaban J connectivity index is 1.94. The molecule has 4 N–H and O–H groups in total. The van der Waals surface area contributed by atoms with E-state index in [1.165, 1.54) is 11.3 Å². The van der Waals surface area contributed by atoms with Crippen LogP contribution in [0.3, 0.4) is 0 Å². The number of aromatic nitrogens is 1. The van der Waals surface area contributed by atoms with E-state index in [1.54, 1.807) is 30.5 Å². The van der Waals surface area contributed by atoms with Gasteiger partial charge in [-0.1, -0.05) is 23.5 Å². The number of nitrogens with zero attached hydrogens (tertiary/aromatic N) is 1. The molecular formula is C12H12BrN3O2S. The van der Waals surface area contributed by atoms with Gasteiger partial charge in [-0.05, 0) is 40.0 Å². The molecule has 0 fully saturated rings. The molecule has 0 aliphatic rings. The topological polar surface area (TPSA) is 88.2 Å². The number of thiazole rings is 1. The average Bonchev–Trinajstić information content (AvgIpc) is 2.77. The fourth-order valence-electron chi connectivity index (χ4n) is 1.49. The van der Waals surface area contributed by atoms with E-state index in [-0.39, 0.29) is 11.7 Å². The van der Waals surface area contributed by atoms with Crippen LogP contribution in [-0.4, -0.2) is 22.0 Å². The number of rotatable bonds is 4. The number of carbonyl (C=O) groups is 1.